The average molecular weight is 208 g/mol. The van der Waals surface area contributed by atoms with Gasteiger partial charge in [-0.1, -0.05) is 32.9 Å². The van der Waals surface area contributed by atoms with E-state index in [1.165, 1.54) is 10.9 Å². The molecule has 1 aromatic rings. The highest BCUT2D eigenvalue weighted by atomic mass is 31.1. The Morgan fingerprint density at radius 3 is 2.64 bits per heavy atom. The predicted octanol–water partition coefficient (Wildman–Crippen LogP) is 3.25. The Kier molecular flexibility index (Phi) is 2.31. The Morgan fingerprint density at radius 2 is 2.00 bits per heavy atom. The molecule has 0 saturated carbocycles. The molecule has 1 aromatic carbocycles. The first-order chi connectivity index (χ1) is 6.50. The van der Waals surface area contributed by atoms with Gasteiger partial charge in [-0.25, -0.2) is 0 Å². The minimum Gasteiger partial charge on any atom is -0.488 e. The smallest absolute Gasteiger partial charge is 0.127 e. The largest absolute Gasteiger partial charge is 0.488 e. The van der Waals surface area contributed by atoms with Crippen LogP contribution in [0.5, 0.6) is 5.75 Å². The fourth-order valence-corrected chi connectivity index (χ4v) is 4.18. The van der Waals surface area contributed by atoms with Gasteiger partial charge >= 0.3 is 0 Å². The number of benzene rings is 1. The summed E-state index contributed by atoms with van der Waals surface area (Å²) in [5.74, 6) is 1.12. The summed E-state index contributed by atoms with van der Waals surface area (Å²) in [4.78, 5) is 0. The van der Waals surface area contributed by atoms with E-state index in [9.17, 15) is 0 Å². The molecule has 1 aliphatic heterocycles. The Balaban J connectivity index is 2.48. The van der Waals surface area contributed by atoms with Crippen molar-refractivity contribution in [2.24, 2.45) is 0 Å². The molecule has 14 heavy (non-hydrogen) atoms. The van der Waals surface area contributed by atoms with E-state index in [0.717, 1.165) is 12.1 Å². The van der Waals surface area contributed by atoms with Crippen LogP contribution in [0.3, 0.4) is 0 Å². The highest BCUT2D eigenvalue weighted by molar-refractivity contribution is 7.67. The zero-order valence-electron chi connectivity index (χ0n) is 9.29. The van der Waals surface area contributed by atoms with E-state index in [0.29, 0.717) is 5.16 Å². The number of hydrogen-bond acceptors (Lipinski definition) is 1. The molecule has 0 saturated heterocycles. The van der Waals surface area contributed by atoms with Crippen LogP contribution in [0.2, 0.25) is 0 Å². The van der Waals surface area contributed by atoms with Crippen molar-refractivity contribution in [3.63, 3.8) is 0 Å². The van der Waals surface area contributed by atoms with Gasteiger partial charge in [0, 0.05) is 5.30 Å². The molecular weight excluding hydrogens is 191 g/mol. The van der Waals surface area contributed by atoms with Crippen LogP contribution in [0.15, 0.2) is 18.2 Å². The van der Waals surface area contributed by atoms with E-state index in [2.05, 4.69) is 45.9 Å². The first-order valence-corrected chi connectivity index (χ1v) is 6.53. The van der Waals surface area contributed by atoms with E-state index >= 15 is 0 Å². The van der Waals surface area contributed by atoms with E-state index < -0.39 is 0 Å². The summed E-state index contributed by atoms with van der Waals surface area (Å²) in [7, 11) is -0.145. The molecule has 0 unspecified atom stereocenters. The lowest BCUT2D eigenvalue weighted by Gasteiger charge is -2.26. The molecule has 2 heteroatoms. The molecule has 0 aromatic heterocycles. The Morgan fingerprint density at radius 1 is 1.29 bits per heavy atom. The second-order valence-electron chi connectivity index (χ2n) is 4.79. The van der Waals surface area contributed by atoms with Crippen LogP contribution in [-0.4, -0.2) is 11.5 Å². The van der Waals surface area contributed by atoms with Crippen LogP contribution in [-0.2, 0) is 0 Å². The third-order valence-electron chi connectivity index (χ3n) is 2.63. The van der Waals surface area contributed by atoms with Gasteiger partial charge in [-0.2, -0.15) is 0 Å². The first kappa shape index (κ1) is 9.98. The molecule has 0 radical (unpaired) electrons. The molecule has 0 amide bonds. The van der Waals surface area contributed by atoms with Crippen molar-refractivity contribution in [1.82, 2.24) is 0 Å². The standard InChI is InChI=1S/C12H17OP/c1-9-6-5-7-10-11(9)14(8-13-10)12(2,3)4/h5-7H,8H2,1-4H3/t14-/m1/s1. The van der Waals surface area contributed by atoms with Gasteiger partial charge in [0.1, 0.15) is 12.1 Å². The van der Waals surface area contributed by atoms with Gasteiger partial charge in [-0.05, 0) is 31.6 Å². The van der Waals surface area contributed by atoms with Crippen molar-refractivity contribution >= 4 is 13.2 Å². The summed E-state index contributed by atoms with van der Waals surface area (Å²) in [6.07, 6.45) is 0.902. The van der Waals surface area contributed by atoms with Crippen LogP contribution in [0.25, 0.3) is 0 Å². The molecule has 0 spiro atoms. The van der Waals surface area contributed by atoms with Gasteiger partial charge in [0.2, 0.25) is 0 Å². The summed E-state index contributed by atoms with van der Waals surface area (Å²) in [6.45, 7) is 9.12. The summed E-state index contributed by atoms with van der Waals surface area (Å²) in [5, 5.41) is 1.84. The normalized spacial score (nSPS) is 20.4. The van der Waals surface area contributed by atoms with Gasteiger partial charge in [0.15, 0.2) is 0 Å². The predicted molar refractivity (Wildman–Crippen MR) is 63.0 cm³/mol. The quantitative estimate of drug-likeness (QED) is 0.595. The highest BCUT2D eigenvalue weighted by Gasteiger charge is 2.34. The Hall–Kier alpha value is -0.550. The van der Waals surface area contributed by atoms with Crippen LogP contribution in [0.1, 0.15) is 26.3 Å². The summed E-state index contributed by atoms with van der Waals surface area (Å²) in [6, 6.07) is 6.36. The molecule has 1 nitrogen and oxygen atoms in total. The zero-order valence-corrected chi connectivity index (χ0v) is 10.2. The van der Waals surface area contributed by atoms with Crippen molar-refractivity contribution < 1.29 is 4.74 Å². The van der Waals surface area contributed by atoms with Gasteiger partial charge < -0.3 is 4.74 Å². The molecule has 1 heterocycles. The van der Waals surface area contributed by atoms with Crippen LogP contribution >= 0.6 is 7.92 Å². The zero-order chi connectivity index (χ0) is 10.3. The van der Waals surface area contributed by atoms with Crippen LogP contribution in [0.4, 0.5) is 0 Å². The van der Waals surface area contributed by atoms with Crippen molar-refractivity contribution in [1.29, 1.82) is 0 Å². The van der Waals surface area contributed by atoms with Gasteiger partial charge in [-0.15, -0.1) is 0 Å². The summed E-state index contributed by atoms with van der Waals surface area (Å²) in [5.41, 5.74) is 1.39. The summed E-state index contributed by atoms with van der Waals surface area (Å²) < 4.78 is 5.75. The number of rotatable bonds is 0. The topological polar surface area (TPSA) is 9.23 Å². The highest BCUT2D eigenvalue weighted by Crippen LogP contribution is 2.54. The van der Waals surface area contributed by atoms with E-state index in [-0.39, 0.29) is 7.92 Å². The minimum atomic E-state index is -0.145. The number of hydrogen-bond donors (Lipinski definition) is 0. The lowest BCUT2D eigenvalue weighted by atomic mass is 10.2. The van der Waals surface area contributed by atoms with Crippen LogP contribution < -0.4 is 10.0 Å². The van der Waals surface area contributed by atoms with E-state index in [4.69, 9.17) is 4.74 Å². The third kappa shape index (κ3) is 1.54. The molecule has 0 bridgehead atoms. The second-order valence-corrected chi connectivity index (χ2v) is 7.70. The number of ether oxygens (including phenoxy) is 1. The monoisotopic (exact) mass is 208 g/mol. The minimum absolute atomic E-state index is 0.145. The fourth-order valence-electron chi connectivity index (χ4n) is 1.82. The number of aryl methyl sites for hydroxylation is 1. The molecule has 76 valence electrons. The summed E-state index contributed by atoms with van der Waals surface area (Å²) >= 11 is 0. The Bertz CT molecular complexity index is 352. The van der Waals surface area contributed by atoms with E-state index in [1.807, 2.05) is 0 Å². The number of fused-ring (bicyclic) bond motifs is 1. The second kappa shape index (κ2) is 3.24. The fraction of sp³-hybridized carbons (Fsp3) is 0.500. The molecule has 0 fully saturated rings. The maximum absolute atomic E-state index is 5.75. The average Bonchev–Trinajstić information content (AvgIpc) is 2.47. The molecule has 0 N–H and O–H groups in total. The SMILES string of the molecule is Cc1cccc2c1[P@](C(C)(C)C)CO2. The van der Waals surface area contributed by atoms with Gasteiger partial charge in [-0.3, -0.25) is 0 Å². The van der Waals surface area contributed by atoms with Crippen LogP contribution in [0, 0.1) is 6.92 Å². The van der Waals surface area contributed by atoms with Crippen molar-refractivity contribution in [3.05, 3.63) is 23.8 Å². The van der Waals surface area contributed by atoms with Gasteiger partial charge in [0.05, 0.1) is 0 Å². The lowest BCUT2D eigenvalue weighted by Crippen LogP contribution is -2.19. The Labute approximate surface area is 87.2 Å². The molecule has 1 atom stereocenters. The molecule has 2 rings (SSSR count). The van der Waals surface area contributed by atoms with Crippen molar-refractivity contribution in [3.8, 4) is 5.75 Å². The van der Waals surface area contributed by atoms with Crippen molar-refractivity contribution in [2.45, 2.75) is 32.9 Å². The van der Waals surface area contributed by atoms with E-state index in [1.54, 1.807) is 0 Å². The van der Waals surface area contributed by atoms with Crippen molar-refractivity contribution in [2.75, 3.05) is 6.35 Å². The third-order valence-corrected chi connectivity index (χ3v) is 5.75. The molecular formula is C12H17OP. The maximum Gasteiger partial charge on any atom is 0.127 e. The molecule has 1 aliphatic rings. The molecule has 0 aliphatic carbocycles. The lowest BCUT2D eigenvalue weighted by molar-refractivity contribution is 0.400. The first-order valence-electron chi connectivity index (χ1n) is 5.00. The maximum atomic E-state index is 5.75. The van der Waals surface area contributed by atoms with Gasteiger partial charge in [0.25, 0.3) is 0 Å².